The molecule has 2 rings (SSSR count). The molecule has 1 aromatic heterocycles. The van der Waals surface area contributed by atoms with Crippen LogP contribution >= 0.6 is 11.8 Å². The van der Waals surface area contributed by atoms with Crippen molar-refractivity contribution in [1.82, 2.24) is 14.8 Å². The van der Waals surface area contributed by atoms with Gasteiger partial charge in [0.2, 0.25) is 0 Å². The number of aryl methyl sites for hydroxylation is 1. The fourth-order valence-corrected chi connectivity index (χ4v) is 3.36. The molecule has 2 atom stereocenters. The Kier molecular flexibility index (Phi) is 3.39. The molecule has 1 saturated carbocycles. The highest BCUT2D eigenvalue weighted by Gasteiger charge is 2.39. The number of aromatic nitrogens is 3. The molecule has 1 aliphatic carbocycles. The maximum atomic E-state index is 11.1. The lowest BCUT2D eigenvalue weighted by Crippen LogP contribution is -2.51. The Hall–Kier alpha value is -1.08. The predicted molar refractivity (Wildman–Crippen MR) is 63.7 cm³/mol. The molecule has 94 valence electrons. The number of carboxylic acids is 1. The third-order valence-electron chi connectivity index (χ3n) is 3.11. The molecule has 0 amide bonds. The van der Waals surface area contributed by atoms with Crippen LogP contribution < -0.4 is 5.73 Å². The number of nitrogens with zero attached hydrogens (tertiary/aromatic N) is 3. The van der Waals surface area contributed by atoms with Crippen molar-refractivity contribution in [2.45, 2.75) is 41.6 Å². The van der Waals surface area contributed by atoms with Gasteiger partial charge in [0.05, 0.1) is 0 Å². The SMILES string of the molecule is Cn1ncnc1SC1CCCC(N)(C(=O)O)C1. The molecule has 3 N–H and O–H groups in total. The van der Waals surface area contributed by atoms with E-state index in [1.54, 1.807) is 16.4 Å². The first-order valence-corrected chi connectivity index (χ1v) is 6.42. The van der Waals surface area contributed by atoms with Crippen molar-refractivity contribution >= 4 is 17.7 Å². The standard InChI is InChI=1S/C10H16N4O2S/c1-14-9(12-6-13-14)17-7-3-2-4-10(11,5-7)8(15)16/h6-7H,2-5,11H2,1H3,(H,15,16). The van der Waals surface area contributed by atoms with Crippen molar-refractivity contribution in [1.29, 1.82) is 0 Å². The quantitative estimate of drug-likeness (QED) is 0.824. The molecule has 6 nitrogen and oxygen atoms in total. The van der Waals surface area contributed by atoms with Crippen molar-refractivity contribution in [2.24, 2.45) is 12.8 Å². The van der Waals surface area contributed by atoms with Crippen molar-refractivity contribution in [3.05, 3.63) is 6.33 Å². The van der Waals surface area contributed by atoms with Gasteiger partial charge in [-0.15, -0.1) is 0 Å². The topological polar surface area (TPSA) is 94.0 Å². The van der Waals surface area contributed by atoms with E-state index in [1.807, 2.05) is 7.05 Å². The van der Waals surface area contributed by atoms with E-state index in [-0.39, 0.29) is 5.25 Å². The number of rotatable bonds is 3. The number of aliphatic carboxylic acids is 1. The molecular weight excluding hydrogens is 240 g/mol. The van der Waals surface area contributed by atoms with E-state index >= 15 is 0 Å². The third kappa shape index (κ3) is 2.61. The van der Waals surface area contributed by atoms with Crippen LogP contribution in [0.4, 0.5) is 0 Å². The lowest BCUT2D eigenvalue weighted by molar-refractivity contribution is -0.144. The van der Waals surface area contributed by atoms with Gasteiger partial charge in [-0.25, -0.2) is 9.67 Å². The fraction of sp³-hybridized carbons (Fsp3) is 0.700. The molecule has 17 heavy (non-hydrogen) atoms. The third-order valence-corrected chi connectivity index (χ3v) is 4.42. The predicted octanol–water partition coefficient (Wildman–Crippen LogP) is 0.632. The Morgan fingerprint density at radius 1 is 1.76 bits per heavy atom. The first-order valence-electron chi connectivity index (χ1n) is 5.54. The minimum absolute atomic E-state index is 0.202. The Balaban J connectivity index is 2.03. The first kappa shape index (κ1) is 12.4. The lowest BCUT2D eigenvalue weighted by atomic mass is 9.82. The average molecular weight is 256 g/mol. The Bertz CT molecular complexity index is 422. The summed E-state index contributed by atoms with van der Waals surface area (Å²) in [4.78, 5) is 15.3. The molecule has 0 saturated heterocycles. The van der Waals surface area contributed by atoms with Gasteiger partial charge in [-0.05, 0) is 25.7 Å². The van der Waals surface area contributed by atoms with Crippen LogP contribution in [0.3, 0.4) is 0 Å². The van der Waals surface area contributed by atoms with Crippen LogP contribution in [-0.2, 0) is 11.8 Å². The zero-order valence-electron chi connectivity index (χ0n) is 9.67. The minimum atomic E-state index is -1.07. The van der Waals surface area contributed by atoms with Crippen LogP contribution in [0, 0.1) is 0 Å². The summed E-state index contributed by atoms with van der Waals surface area (Å²) in [6.07, 6.45) is 4.36. The van der Waals surface area contributed by atoms with Gasteiger partial charge in [0.15, 0.2) is 5.16 Å². The zero-order chi connectivity index (χ0) is 12.5. The summed E-state index contributed by atoms with van der Waals surface area (Å²) in [6.45, 7) is 0. The van der Waals surface area contributed by atoms with Crippen molar-refractivity contribution < 1.29 is 9.90 Å². The van der Waals surface area contributed by atoms with Gasteiger partial charge in [0.1, 0.15) is 11.9 Å². The van der Waals surface area contributed by atoms with E-state index in [9.17, 15) is 4.79 Å². The summed E-state index contributed by atoms with van der Waals surface area (Å²) in [5.74, 6) is -0.902. The molecular formula is C10H16N4O2S. The van der Waals surface area contributed by atoms with Crippen molar-refractivity contribution in [3.8, 4) is 0 Å². The summed E-state index contributed by atoms with van der Waals surface area (Å²) >= 11 is 1.56. The summed E-state index contributed by atoms with van der Waals surface area (Å²) < 4.78 is 1.69. The maximum Gasteiger partial charge on any atom is 0.323 e. The molecule has 7 heteroatoms. The van der Waals surface area contributed by atoms with Gasteiger partial charge in [-0.2, -0.15) is 5.10 Å². The smallest absolute Gasteiger partial charge is 0.323 e. The highest BCUT2D eigenvalue weighted by molar-refractivity contribution is 7.99. The van der Waals surface area contributed by atoms with Gasteiger partial charge < -0.3 is 10.8 Å². The van der Waals surface area contributed by atoms with E-state index in [2.05, 4.69) is 10.1 Å². The van der Waals surface area contributed by atoms with Gasteiger partial charge in [0.25, 0.3) is 0 Å². The first-order chi connectivity index (χ1) is 8.01. The highest BCUT2D eigenvalue weighted by Crippen LogP contribution is 2.36. The van der Waals surface area contributed by atoms with Crippen molar-refractivity contribution in [2.75, 3.05) is 0 Å². The van der Waals surface area contributed by atoms with Crippen LogP contribution in [0.1, 0.15) is 25.7 Å². The number of thioether (sulfide) groups is 1. The van der Waals surface area contributed by atoms with Gasteiger partial charge in [-0.3, -0.25) is 4.79 Å². The molecule has 0 radical (unpaired) electrons. The molecule has 1 fully saturated rings. The molecule has 1 aliphatic rings. The molecule has 2 unspecified atom stereocenters. The normalized spacial score (nSPS) is 29.2. The molecule has 1 heterocycles. The highest BCUT2D eigenvalue weighted by atomic mass is 32.2. The van der Waals surface area contributed by atoms with Gasteiger partial charge >= 0.3 is 5.97 Å². The van der Waals surface area contributed by atoms with Crippen molar-refractivity contribution in [3.63, 3.8) is 0 Å². The Morgan fingerprint density at radius 2 is 2.53 bits per heavy atom. The van der Waals surface area contributed by atoms with Crippen LogP contribution in [0.5, 0.6) is 0 Å². The van der Waals surface area contributed by atoms with Gasteiger partial charge in [0, 0.05) is 12.3 Å². The molecule has 0 aliphatic heterocycles. The van der Waals surface area contributed by atoms with E-state index in [0.717, 1.165) is 18.0 Å². The van der Waals surface area contributed by atoms with Crippen LogP contribution in [0.2, 0.25) is 0 Å². The number of hydrogen-bond acceptors (Lipinski definition) is 5. The minimum Gasteiger partial charge on any atom is -0.480 e. The van der Waals surface area contributed by atoms with Crippen LogP contribution in [0.25, 0.3) is 0 Å². The molecule has 0 bridgehead atoms. The summed E-state index contributed by atoms with van der Waals surface area (Å²) in [6, 6.07) is 0. The lowest BCUT2D eigenvalue weighted by Gasteiger charge is -2.33. The Morgan fingerprint density at radius 3 is 3.12 bits per heavy atom. The number of carbonyl (C=O) groups is 1. The summed E-state index contributed by atoms with van der Waals surface area (Å²) in [5.41, 5.74) is 4.83. The number of hydrogen-bond donors (Lipinski definition) is 2. The van der Waals surface area contributed by atoms with Crippen LogP contribution in [0.15, 0.2) is 11.5 Å². The Labute approximate surface area is 104 Å². The van der Waals surface area contributed by atoms with E-state index in [0.29, 0.717) is 12.8 Å². The molecule has 0 spiro atoms. The second-order valence-electron chi connectivity index (χ2n) is 4.46. The zero-order valence-corrected chi connectivity index (χ0v) is 10.5. The summed E-state index contributed by atoms with van der Waals surface area (Å²) in [7, 11) is 1.82. The number of nitrogens with two attached hydrogens (primary N) is 1. The van der Waals surface area contributed by atoms with Crippen LogP contribution in [-0.4, -0.2) is 36.6 Å². The summed E-state index contributed by atoms with van der Waals surface area (Å²) in [5, 5.41) is 14.1. The second kappa shape index (κ2) is 4.66. The number of carboxylic acid groups (broad SMARTS) is 1. The van der Waals surface area contributed by atoms with Gasteiger partial charge in [-0.1, -0.05) is 11.8 Å². The fourth-order valence-electron chi connectivity index (χ4n) is 2.09. The largest absolute Gasteiger partial charge is 0.480 e. The van der Waals surface area contributed by atoms with E-state index in [4.69, 9.17) is 10.8 Å². The second-order valence-corrected chi connectivity index (χ2v) is 5.73. The molecule has 0 aromatic carbocycles. The molecule has 1 aromatic rings. The van der Waals surface area contributed by atoms with E-state index < -0.39 is 11.5 Å². The maximum absolute atomic E-state index is 11.1. The average Bonchev–Trinajstić information content (AvgIpc) is 2.64. The van der Waals surface area contributed by atoms with E-state index in [1.165, 1.54) is 6.33 Å². The monoisotopic (exact) mass is 256 g/mol.